The van der Waals surface area contributed by atoms with Gasteiger partial charge in [0.15, 0.2) is 14.1 Å². The predicted molar refractivity (Wildman–Crippen MR) is 126 cm³/mol. The molecule has 0 saturated carbocycles. The smallest absolute Gasteiger partial charge is 0.191 e. The van der Waals surface area contributed by atoms with Gasteiger partial charge >= 0.3 is 0 Å². The van der Waals surface area contributed by atoms with Crippen LogP contribution >= 0.6 is 0 Å². The number of allylic oxidation sites excluding steroid dienone is 3. The summed E-state index contributed by atoms with van der Waals surface area (Å²) < 4.78 is 12.4. The van der Waals surface area contributed by atoms with Crippen molar-refractivity contribution in [3.63, 3.8) is 0 Å². The van der Waals surface area contributed by atoms with Gasteiger partial charge in [-0.1, -0.05) is 52.3 Å². The number of nitrogens with zero attached hydrogens (tertiary/aromatic N) is 1. The molecular weight excluding hydrogens is 390 g/mol. The van der Waals surface area contributed by atoms with Crippen molar-refractivity contribution in [1.82, 2.24) is 0 Å². The number of carbonyl (C=O) groups is 1. The molecule has 5 heteroatoms. The Bertz CT molecular complexity index is 894. The largest absolute Gasteiger partial charge is 0.495 e. The maximum atomic E-state index is 14.0. The molecule has 1 unspecified atom stereocenters. The van der Waals surface area contributed by atoms with Gasteiger partial charge in [-0.2, -0.15) is 0 Å². The Kier molecular flexibility index (Phi) is 6.09. The first-order valence-electron chi connectivity index (χ1n) is 11.0. The lowest BCUT2D eigenvalue weighted by Gasteiger charge is -2.39. The third kappa shape index (κ3) is 3.46. The standard InChI is InChI=1S/C25H37NO3Si/c1-9-12-18-17-21(28-6)22-25(23(18)27,15-16-29-30(7,8)24(2,3)4)19-13-10-11-14-20(19)26(22)5/h10-11,13-14,17H,9,12,15-16H2,1-8H3. The molecule has 0 saturated heterocycles. The number of hydrogen-bond donors (Lipinski definition) is 0. The zero-order valence-electron chi connectivity index (χ0n) is 19.9. The van der Waals surface area contributed by atoms with Crippen LogP contribution in [0.2, 0.25) is 18.1 Å². The molecule has 30 heavy (non-hydrogen) atoms. The van der Waals surface area contributed by atoms with Gasteiger partial charge in [-0.05, 0) is 48.7 Å². The number of anilines is 1. The Morgan fingerprint density at radius 1 is 1.17 bits per heavy atom. The molecular formula is C25H37NO3Si. The average Bonchev–Trinajstić information content (AvgIpc) is 2.94. The normalized spacial score (nSPS) is 21.5. The van der Waals surface area contributed by atoms with Crippen LogP contribution in [-0.4, -0.2) is 34.9 Å². The van der Waals surface area contributed by atoms with Crippen LogP contribution in [0.5, 0.6) is 0 Å². The van der Waals surface area contributed by atoms with E-state index in [2.05, 4.69) is 57.8 Å². The Morgan fingerprint density at radius 3 is 2.43 bits per heavy atom. The average molecular weight is 428 g/mol. The van der Waals surface area contributed by atoms with Crippen LogP contribution in [-0.2, 0) is 19.4 Å². The number of ether oxygens (including phenoxy) is 1. The molecule has 1 aromatic rings. The monoisotopic (exact) mass is 427 g/mol. The van der Waals surface area contributed by atoms with Gasteiger partial charge in [-0.3, -0.25) is 4.79 Å². The summed E-state index contributed by atoms with van der Waals surface area (Å²) in [5, 5.41) is 0.134. The first-order chi connectivity index (χ1) is 14.0. The highest BCUT2D eigenvalue weighted by Gasteiger charge is 2.55. The van der Waals surface area contributed by atoms with E-state index in [1.165, 1.54) is 0 Å². The van der Waals surface area contributed by atoms with Gasteiger partial charge in [0, 0.05) is 24.9 Å². The minimum Gasteiger partial charge on any atom is -0.495 e. The molecule has 0 spiro atoms. The molecule has 0 radical (unpaired) electrons. The number of ketones is 1. The first-order valence-corrected chi connectivity index (χ1v) is 13.9. The van der Waals surface area contributed by atoms with Crippen molar-refractivity contribution in [3.8, 4) is 0 Å². The fraction of sp³-hybridized carbons (Fsp3) is 0.560. The van der Waals surface area contributed by atoms with Crippen molar-refractivity contribution in [2.45, 2.75) is 70.5 Å². The third-order valence-corrected chi connectivity index (χ3v) is 11.7. The molecule has 0 amide bonds. The summed E-state index contributed by atoms with van der Waals surface area (Å²) in [6, 6.07) is 8.26. The number of fused-ring (bicyclic) bond motifs is 3. The Labute approximate surface area is 183 Å². The number of para-hydroxylation sites is 1. The molecule has 3 rings (SSSR count). The van der Waals surface area contributed by atoms with Gasteiger partial charge in [0.2, 0.25) is 0 Å². The molecule has 1 atom stereocenters. The van der Waals surface area contributed by atoms with Gasteiger partial charge in [0.25, 0.3) is 0 Å². The molecule has 0 N–H and O–H groups in total. The van der Waals surface area contributed by atoms with E-state index in [1.54, 1.807) is 7.11 Å². The van der Waals surface area contributed by atoms with Crippen LogP contribution in [0, 0.1) is 0 Å². The van der Waals surface area contributed by atoms with Crippen LogP contribution in [0.25, 0.3) is 0 Å². The Balaban J connectivity index is 2.10. The zero-order valence-corrected chi connectivity index (χ0v) is 20.9. The molecule has 1 aliphatic heterocycles. The van der Waals surface area contributed by atoms with Crippen LogP contribution in [0.3, 0.4) is 0 Å². The summed E-state index contributed by atoms with van der Waals surface area (Å²) in [7, 11) is 1.83. The number of benzene rings is 1. The minimum absolute atomic E-state index is 0.134. The predicted octanol–water partition coefficient (Wildman–Crippen LogP) is 5.95. The fourth-order valence-electron chi connectivity index (χ4n) is 4.49. The number of carbonyl (C=O) groups excluding carboxylic acids is 1. The first kappa shape index (κ1) is 22.8. The van der Waals surface area contributed by atoms with Gasteiger partial charge in [0.1, 0.15) is 11.2 Å². The van der Waals surface area contributed by atoms with Gasteiger partial charge < -0.3 is 14.1 Å². The van der Waals surface area contributed by atoms with Crippen molar-refractivity contribution >= 4 is 19.8 Å². The summed E-state index contributed by atoms with van der Waals surface area (Å²) in [5.74, 6) is 1.000. The maximum Gasteiger partial charge on any atom is 0.191 e. The molecule has 0 aromatic heterocycles. The van der Waals surface area contributed by atoms with E-state index in [0.29, 0.717) is 13.0 Å². The number of methoxy groups -OCH3 is 1. The van der Waals surface area contributed by atoms with Crippen LogP contribution < -0.4 is 4.90 Å². The van der Waals surface area contributed by atoms with E-state index in [-0.39, 0.29) is 10.8 Å². The summed E-state index contributed by atoms with van der Waals surface area (Å²) in [6.45, 7) is 13.9. The summed E-state index contributed by atoms with van der Waals surface area (Å²) >= 11 is 0. The highest BCUT2D eigenvalue weighted by molar-refractivity contribution is 6.74. The van der Waals surface area contributed by atoms with E-state index < -0.39 is 13.7 Å². The van der Waals surface area contributed by atoms with Crippen molar-refractivity contribution in [1.29, 1.82) is 0 Å². The van der Waals surface area contributed by atoms with Gasteiger partial charge in [-0.25, -0.2) is 0 Å². The lowest BCUT2D eigenvalue weighted by atomic mass is 9.68. The second-order valence-electron chi connectivity index (χ2n) is 10.0. The van der Waals surface area contributed by atoms with Gasteiger partial charge in [0.05, 0.1) is 12.8 Å². The van der Waals surface area contributed by atoms with Crippen LogP contribution in [0.15, 0.2) is 47.4 Å². The topological polar surface area (TPSA) is 38.8 Å². The minimum atomic E-state index is -1.91. The molecule has 1 aromatic carbocycles. The molecule has 0 fully saturated rings. The van der Waals surface area contributed by atoms with Crippen molar-refractivity contribution < 1.29 is 14.0 Å². The summed E-state index contributed by atoms with van der Waals surface area (Å²) in [5.41, 5.74) is 3.22. The quantitative estimate of drug-likeness (QED) is 0.504. The fourth-order valence-corrected chi connectivity index (χ4v) is 5.53. The molecule has 0 bridgehead atoms. The second kappa shape index (κ2) is 8.01. The van der Waals surface area contributed by atoms with Gasteiger partial charge in [-0.15, -0.1) is 0 Å². The summed E-state index contributed by atoms with van der Waals surface area (Å²) in [4.78, 5) is 16.1. The number of hydrogen-bond acceptors (Lipinski definition) is 4. The number of Topliss-reactive ketones (excluding diaryl/α,β-unsaturated/α-hetero) is 1. The second-order valence-corrected chi connectivity index (χ2v) is 14.8. The number of likely N-dealkylation sites (N-methyl/N-ethyl adjacent to an activating group) is 1. The number of rotatable bonds is 7. The molecule has 2 aliphatic rings. The van der Waals surface area contributed by atoms with Crippen LogP contribution in [0.4, 0.5) is 5.69 Å². The lowest BCUT2D eigenvalue weighted by Crippen LogP contribution is -2.46. The van der Waals surface area contributed by atoms with Crippen molar-refractivity contribution in [3.05, 3.63) is 52.9 Å². The van der Waals surface area contributed by atoms with Crippen molar-refractivity contribution in [2.24, 2.45) is 0 Å². The van der Waals surface area contributed by atoms with E-state index >= 15 is 0 Å². The zero-order chi connectivity index (χ0) is 22.3. The maximum absolute atomic E-state index is 14.0. The van der Waals surface area contributed by atoms with Crippen LogP contribution in [0.1, 0.15) is 52.5 Å². The summed E-state index contributed by atoms with van der Waals surface area (Å²) in [6.07, 6.45) is 4.27. The van der Waals surface area contributed by atoms with Crippen molar-refractivity contribution in [2.75, 3.05) is 25.7 Å². The Morgan fingerprint density at radius 2 is 1.83 bits per heavy atom. The lowest BCUT2D eigenvalue weighted by molar-refractivity contribution is -0.120. The van der Waals surface area contributed by atoms with E-state index in [9.17, 15) is 4.79 Å². The molecule has 4 nitrogen and oxygen atoms in total. The van der Waals surface area contributed by atoms with E-state index in [1.807, 2.05) is 25.3 Å². The Hall–Kier alpha value is -1.85. The van der Waals surface area contributed by atoms with E-state index in [0.717, 1.165) is 41.1 Å². The molecule has 164 valence electrons. The van der Waals surface area contributed by atoms with E-state index in [4.69, 9.17) is 9.16 Å². The SMILES string of the molecule is CCCC1=CC(OC)=C2N(C)c3ccccc3C2(CCO[Si](C)(C)C(C)(C)C)C1=O. The highest BCUT2D eigenvalue weighted by Crippen LogP contribution is 2.54. The highest BCUT2D eigenvalue weighted by atomic mass is 28.4. The molecule has 1 heterocycles. The third-order valence-electron chi connectivity index (χ3n) is 7.17. The molecule has 1 aliphatic carbocycles.